The van der Waals surface area contributed by atoms with E-state index in [0.717, 1.165) is 23.8 Å². The van der Waals surface area contributed by atoms with Crippen molar-refractivity contribution in [1.29, 1.82) is 0 Å². The molecule has 2 aromatic rings. The monoisotopic (exact) mass is 411 g/mol. The summed E-state index contributed by atoms with van der Waals surface area (Å²) in [5, 5.41) is 10.1. The largest absolute Gasteiger partial charge is 0.418 e. The summed E-state index contributed by atoms with van der Waals surface area (Å²) in [6.45, 7) is 7.70. The number of morpholine rings is 1. The molecule has 1 aromatic carbocycles. The molecule has 0 bridgehead atoms. The lowest BCUT2D eigenvalue weighted by atomic mass is 10.1. The Hall–Kier alpha value is -2.46. The first-order valence-corrected chi connectivity index (χ1v) is 9.45. The van der Waals surface area contributed by atoms with Crippen LogP contribution in [0.2, 0.25) is 0 Å². The minimum atomic E-state index is -4.54. The third-order valence-electron chi connectivity index (χ3n) is 4.52. The molecule has 1 aliphatic heterocycles. The minimum Gasteiger partial charge on any atom is -0.374 e. The average Bonchev–Trinajstić information content (AvgIpc) is 3.15. The molecule has 3 rings (SSSR count). The van der Waals surface area contributed by atoms with Gasteiger partial charge in [-0.1, -0.05) is 31.2 Å². The molecule has 2 heterocycles. The van der Waals surface area contributed by atoms with Crippen molar-refractivity contribution >= 4 is 5.91 Å². The van der Waals surface area contributed by atoms with Gasteiger partial charge in [-0.2, -0.15) is 13.2 Å². The van der Waals surface area contributed by atoms with E-state index < -0.39 is 17.6 Å². The second-order valence-electron chi connectivity index (χ2n) is 7.42. The molecule has 0 aliphatic carbocycles. The Morgan fingerprint density at radius 3 is 2.83 bits per heavy atom. The second kappa shape index (κ2) is 8.91. The molecule has 0 radical (unpaired) electrons. The van der Waals surface area contributed by atoms with Gasteiger partial charge in [0.2, 0.25) is 0 Å². The van der Waals surface area contributed by atoms with E-state index in [1.165, 1.54) is 24.4 Å². The maximum Gasteiger partial charge on any atom is 0.418 e. The molecule has 29 heavy (non-hydrogen) atoms. The Morgan fingerprint density at radius 2 is 2.10 bits per heavy atom. The summed E-state index contributed by atoms with van der Waals surface area (Å²) in [7, 11) is 0. The molecule has 1 aliphatic rings. The van der Waals surface area contributed by atoms with Gasteiger partial charge in [-0.05, 0) is 18.1 Å². The summed E-state index contributed by atoms with van der Waals surface area (Å²) in [6, 6.07) is 5.00. The fourth-order valence-electron chi connectivity index (χ4n) is 3.28. The highest BCUT2D eigenvalue weighted by Gasteiger charge is 2.34. The highest BCUT2D eigenvalue weighted by atomic mass is 19.4. The van der Waals surface area contributed by atoms with Gasteiger partial charge < -0.3 is 10.1 Å². The number of alkyl halides is 3. The zero-order chi connectivity index (χ0) is 21.0. The quantitative estimate of drug-likeness (QED) is 0.790. The predicted octanol–water partition coefficient (Wildman–Crippen LogP) is 2.37. The topological polar surface area (TPSA) is 72.3 Å². The molecule has 1 fully saturated rings. The first-order chi connectivity index (χ1) is 13.7. The summed E-state index contributed by atoms with van der Waals surface area (Å²) in [4.78, 5) is 14.6. The molecule has 1 N–H and O–H groups in total. The number of hydrogen-bond donors (Lipinski definition) is 1. The SMILES string of the molecule is CC(C)CN1CCOC(CNC(=O)c2cn(-c3ccccc3C(F)(F)F)nn2)C1. The molecular formula is C19H24F3N5O2. The lowest BCUT2D eigenvalue weighted by molar-refractivity contribution is -0.137. The predicted molar refractivity (Wildman–Crippen MR) is 99.7 cm³/mol. The molecule has 1 atom stereocenters. The van der Waals surface area contributed by atoms with Crippen molar-refractivity contribution in [2.24, 2.45) is 5.92 Å². The number of nitrogens with zero attached hydrogens (tertiary/aromatic N) is 4. The molecule has 1 aromatic heterocycles. The Balaban J connectivity index is 1.62. The molecule has 1 saturated heterocycles. The maximum atomic E-state index is 13.2. The summed E-state index contributed by atoms with van der Waals surface area (Å²) in [5.41, 5.74) is -1.10. The number of ether oxygens (including phenoxy) is 1. The third kappa shape index (κ3) is 5.54. The number of amides is 1. The van der Waals surface area contributed by atoms with Crippen molar-refractivity contribution in [2.75, 3.05) is 32.8 Å². The van der Waals surface area contributed by atoms with Gasteiger partial charge in [0.1, 0.15) is 0 Å². The minimum absolute atomic E-state index is 0.0585. The van der Waals surface area contributed by atoms with E-state index in [4.69, 9.17) is 4.74 Å². The van der Waals surface area contributed by atoms with Crippen LogP contribution in [0.1, 0.15) is 29.9 Å². The molecule has 10 heteroatoms. The van der Waals surface area contributed by atoms with Crippen molar-refractivity contribution in [1.82, 2.24) is 25.2 Å². The molecule has 1 amide bonds. The van der Waals surface area contributed by atoms with Crippen LogP contribution in [-0.2, 0) is 10.9 Å². The Labute approximate surface area is 166 Å². The summed E-state index contributed by atoms with van der Waals surface area (Å²) in [5.74, 6) is 0.0308. The number of nitrogens with one attached hydrogen (secondary N) is 1. The highest BCUT2D eigenvalue weighted by molar-refractivity contribution is 5.91. The average molecular weight is 411 g/mol. The maximum absolute atomic E-state index is 13.2. The van der Waals surface area contributed by atoms with E-state index >= 15 is 0 Å². The number of aromatic nitrogens is 3. The van der Waals surface area contributed by atoms with Crippen LogP contribution in [-0.4, -0.2) is 64.7 Å². The van der Waals surface area contributed by atoms with Crippen LogP contribution in [0.3, 0.4) is 0 Å². The van der Waals surface area contributed by atoms with Crippen molar-refractivity contribution in [3.05, 3.63) is 41.7 Å². The zero-order valence-electron chi connectivity index (χ0n) is 16.3. The smallest absolute Gasteiger partial charge is 0.374 e. The lowest BCUT2D eigenvalue weighted by Crippen LogP contribution is -2.48. The van der Waals surface area contributed by atoms with E-state index in [9.17, 15) is 18.0 Å². The van der Waals surface area contributed by atoms with Crippen LogP contribution in [0.15, 0.2) is 30.5 Å². The van der Waals surface area contributed by atoms with Crippen molar-refractivity contribution in [3.8, 4) is 5.69 Å². The summed E-state index contributed by atoms with van der Waals surface area (Å²) in [6.07, 6.45) is -3.50. The van der Waals surface area contributed by atoms with Crippen LogP contribution in [0.5, 0.6) is 0 Å². The number of hydrogen-bond acceptors (Lipinski definition) is 5. The molecule has 1 unspecified atom stereocenters. The Morgan fingerprint density at radius 1 is 1.34 bits per heavy atom. The van der Waals surface area contributed by atoms with Crippen molar-refractivity contribution in [2.45, 2.75) is 26.1 Å². The van der Waals surface area contributed by atoms with Gasteiger partial charge in [0, 0.05) is 26.2 Å². The van der Waals surface area contributed by atoms with Crippen LogP contribution in [0.4, 0.5) is 13.2 Å². The van der Waals surface area contributed by atoms with Gasteiger partial charge in [-0.15, -0.1) is 5.10 Å². The molecule has 0 saturated carbocycles. The summed E-state index contributed by atoms with van der Waals surface area (Å²) >= 11 is 0. The first-order valence-electron chi connectivity index (χ1n) is 9.45. The van der Waals surface area contributed by atoms with E-state index in [1.54, 1.807) is 0 Å². The normalized spacial score (nSPS) is 18.2. The van der Waals surface area contributed by atoms with Crippen LogP contribution >= 0.6 is 0 Å². The number of halogens is 3. The van der Waals surface area contributed by atoms with Gasteiger partial charge in [0.15, 0.2) is 5.69 Å². The third-order valence-corrected chi connectivity index (χ3v) is 4.52. The van der Waals surface area contributed by atoms with Crippen molar-refractivity contribution in [3.63, 3.8) is 0 Å². The van der Waals surface area contributed by atoms with E-state index in [1.807, 2.05) is 0 Å². The van der Waals surface area contributed by atoms with Gasteiger partial charge >= 0.3 is 6.18 Å². The fraction of sp³-hybridized carbons (Fsp3) is 0.526. The van der Waals surface area contributed by atoms with E-state index in [0.29, 0.717) is 25.6 Å². The van der Waals surface area contributed by atoms with Crippen LogP contribution in [0.25, 0.3) is 5.69 Å². The number of rotatable bonds is 6. The van der Waals surface area contributed by atoms with Gasteiger partial charge in [-0.3, -0.25) is 9.69 Å². The van der Waals surface area contributed by atoms with Gasteiger partial charge in [0.05, 0.1) is 30.2 Å². The molecular weight excluding hydrogens is 387 g/mol. The van der Waals surface area contributed by atoms with E-state index in [2.05, 4.69) is 34.4 Å². The standard InChI is InChI=1S/C19H24F3N5O2/c1-13(2)10-26-7-8-29-14(11-26)9-23-18(28)16-12-27(25-24-16)17-6-4-3-5-15(17)19(20,21)22/h3-6,12-14H,7-11H2,1-2H3,(H,23,28). The zero-order valence-corrected chi connectivity index (χ0v) is 16.3. The van der Waals surface area contributed by atoms with Gasteiger partial charge in [0.25, 0.3) is 5.91 Å². The van der Waals surface area contributed by atoms with Gasteiger partial charge in [-0.25, -0.2) is 4.68 Å². The fourth-order valence-corrected chi connectivity index (χ4v) is 3.28. The molecule has 7 nitrogen and oxygen atoms in total. The Kier molecular flexibility index (Phi) is 6.53. The van der Waals surface area contributed by atoms with Crippen molar-refractivity contribution < 1.29 is 22.7 Å². The Bertz CT molecular complexity index is 837. The lowest BCUT2D eigenvalue weighted by Gasteiger charge is -2.33. The number of para-hydroxylation sites is 1. The summed E-state index contributed by atoms with van der Waals surface area (Å²) < 4.78 is 46.2. The number of benzene rings is 1. The first kappa shape index (κ1) is 21.3. The number of carbonyl (C=O) groups is 1. The molecule has 158 valence electrons. The number of carbonyl (C=O) groups excluding carboxylic acids is 1. The van der Waals surface area contributed by atoms with E-state index in [-0.39, 0.29) is 17.5 Å². The highest BCUT2D eigenvalue weighted by Crippen LogP contribution is 2.33. The molecule has 0 spiro atoms. The van der Waals surface area contributed by atoms with Crippen LogP contribution in [0, 0.1) is 5.92 Å². The second-order valence-corrected chi connectivity index (χ2v) is 7.42. The van der Waals surface area contributed by atoms with Crippen LogP contribution < -0.4 is 5.32 Å².